The van der Waals surface area contributed by atoms with E-state index in [1.54, 1.807) is 21.9 Å². The van der Waals surface area contributed by atoms with E-state index in [0.29, 0.717) is 37.7 Å². The zero-order valence-electron chi connectivity index (χ0n) is 17.3. The molecular weight excluding hydrogens is 390 g/mol. The fourth-order valence-electron chi connectivity index (χ4n) is 3.97. The van der Waals surface area contributed by atoms with Gasteiger partial charge in [0.15, 0.2) is 0 Å². The Bertz CT molecular complexity index is 822. The highest BCUT2D eigenvalue weighted by molar-refractivity contribution is 7.90. The topological polar surface area (TPSA) is 86.8 Å². The van der Waals surface area contributed by atoms with Crippen LogP contribution in [0.25, 0.3) is 0 Å². The lowest BCUT2D eigenvalue weighted by Gasteiger charge is -2.35. The molecule has 160 valence electrons. The van der Waals surface area contributed by atoms with E-state index in [1.165, 1.54) is 0 Å². The number of amides is 2. The normalized spacial score (nSPS) is 23.1. The predicted octanol–water partition coefficient (Wildman–Crippen LogP) is 1.78. The van der Waals surface area contributed by atoms with Crippen molar-refractivity contribution in [3.63, 3.8) is 0 Å². The second-order valence-corrected chi connectivity index (χ2v) is 10.1. The monoisotopic (exact) mass is 421 g/mol. The molecule has 0 unspecified atom stereocenters. The number of nitrogens with zero attached hydrogens (tertiary/aromatic N) is 2. The molecule has 2 amide bonds. The summed E-state index contributed by atoms with van der Waals surface area (Å²) in [5.41, 5.74) is 1.72. The van der Waals surface area contributed by atoms with Crippen LogP contribution in [0.2, 0.25) is 0 Å². The number of piperazine rings is 1. The second-order valence-electron chi connectivity index (χ2n) is 8.37. The molecule has 0 spiro atoms. The van der Waals surface area contributed by atoms with Crippen LogP contribution in [-0.2, 0) is 14.8 Å². The van der Waals surface area contributed by atoms with Gasteiger partial charge in [-0.1, -0.05) is 24.6 Å². The first-order valence-corrected chi connectivity index (χ1v) is 12.0. The van der Waals surface area contributed by atoms with Crippen LogP contribution in [0.1, 0.15) is 48.5 Å². The number of carbonyl (C=O) groups excluding carboxylic acids is 2. The molecule has 1 N–H and O–H groups in total. The molecule has 1 saturated heterocycles. The average Bonchev–Trinajstić information content (AvgIpc) is 2.69. The van der Waals surface area contributed by atoms with E-state index in [0.717, 1.165) is 31.2 Å². The zero-order valence-corrected chi connectivity index (χ0v) is 18.1. The maximum atomic E-state index is 12.6. The molecule has 1 saturated carbocycles. The molecule has 29 heavy (non-hydrogen) atoms. The molecule has 7 nitrogen and oxygen atoms in total. The third-order valence-corrected chi connectivity index (χ3v) is 7.21. The van der Waals surface area contributed by atoms with Crippen LogP contribution in [0.5, 0.6) is 0 Å². The number of aryl methyl sites for hydroxylation is 1. The van der Waals surface area contributed by atoms with Gasteiger partial charge in [0, 0.05) is 37.8 Å². The smallest absolute Gasteiger partial charge is 0.253 e. The van der Waals surface area contributed by atoms with Crippen molar-refractivity contribution in [2.24, 2.45) is 5.92 Å². The lowest BCUT2D eigenvalue weighted by atomic mass is 9.88. The van der Waals surface area contributed by atoms with Crippen LogP contribution in [-0.4, -0.2) is 68.0 Å². The molecule has 1 aromatic rings. The number of hydrogen-bond donors (Lipinski definition) is 1. The maximum absolute atomic E-state index is 12.6. The van der Waals surface area contributed by atoms with Crippen LogP contribution >= 0.6 is 0 Å². The number of benzene rings is 1. The van der Waals surface area contributed by atoms with Gasteiger partial charge in [-0.05, 0) is 50.7 Å². The Hall–Kier alpha value is -1.93. The molecule has 1 aliphatic heterocycles. The average molecular weight is 422 g/mol. The number of rotatable bonds is 5. The largest absolute Gasteiger partial charge is 0.338 e. The summed E-state index contributed by atoms with van der Waals surface area (Å²) in [4.78, 5) is 28.3. The summed E-state index contributed by atoms with van der Waals surface area (Å²) in [5, 5.41) is 0. The summed E-state index contributed by atoms with van der Waals surface area (Å²) >= 11 is 0. The Morgan fingerprint density at radius 1 is 0.966 bits per heavy atom. The molecule has 1 aromatic carbocycles. The van der Waals surface area contributed by atoms with Gasteiger partial charge in [0.25, 0.3) is 5.91 Å². The van der Waals surface area contributed by atoms with Crippen molar-refractivity contribution in [2.75, 3.05) is 31.9 Å². The molecule has 0 radical (unpaired) electrons. The Morgan fingerprint density at radius 2 is 1.52 bits per heavy atom. The molecule has 1 heterocycles. The van der Waals surface area contributed by atoms with Crippen LogP contribution in [0.3, 0.4) is 0 Å². The molecule has 0 bridgehead atoms. The first-order valence-electron chi connectivity index (χ1n) is 10.4. The van der Waals surface area contributed by atoms with Crippen LogP contribution in [0.4, 0.5) is 0 Å². The van der Waals surface area contributed by atoms with Crippen LogP contribution in [0, 0.1) is 12.8 Å². The minimum Gasteiger partial charge on any atom is -0.338 e. The third kappa shape index (κ3) is 6.02. The Kier molecular flexibility index (Phi) is 6.95. The first kappa shape index (κ1) is 21.8. The summed E-state index contributed by atoms with van der Waals surface area (Å²) in [5.74, 6) is -0.344. The quantitative estimate of drug-likeness (QED) is 0.785. The molecule has 8 heteroatoms. The summed E-state index contributed by atoms with van der Waals surface area (Å²) in [6.45, 7) is 5.67. The lowest BCUT2D eigenvalue weighted by molar-refractivity contribution is -0.129. The van der Waals surface area contributed by atoms with E-state index < -0.39 is 21.7 Å². The lowest BCUT2D eigenvalue weighted by Crippen LogP contribution is -2.52. The SMILES string of the molecule is Cc1ccc(C(=O)N2CCN(C(=O)CS(=O)(=O)NC3CCC(C)CC3)CC2)cc1. The second kappa shape index (κ2) is 9.26. The van der Waals surface area contributed by atoms with Gasteiger partial charge in [-0.3, -0.25) is 9.59 Å². The highest BCUT2D eigenvalue weighted by Crippen LogP contribution is 2.24. The minimum absolute atomic E-state index is 0.0575. The molecule has 0 aromatic heterocycles. The Balaban J connectivity index is 1.48. The number of carbonyl (C=O) groups is 2. The van der Waals surface area contributed by atoms with Gasteiger partial charge < -0.3 is 9.80 Å². The van der Waals surface area contributed by atoms with E-state index in [9.17, 15) is 18.0 Å². The van der Waals surface area contributed by atoms with Crippen molar-refractivity contribution < 1.29 is 18.0 Å². The van der Waals surface area contributed by atoms with Gasteiger partial charge in [-0.15, -0.1) is 0 Å². The summed E-state index contributed by atoms with van der Waals surface area (Å²) in [6, 6.07) is 7.35. The molecular formula is C21H31N3O4S. The fourth-order valence-corrected chi connectivity index (χ4v) is 5.30. The maximum Gasteiger partial charge on any atom is 0.253 e. The van der Waals surface area contributed by atoms with Gasteiger partial charge in [0.1, 0.15) is 5.75 Å². The van der Waals surface area contributed by atoms with E-state index in [-0.39, 0.29) is 11.9 Å². The van der Waals surface area contributed by atoms with Gasteiger partial charge >= 0.3 is 0 Å². The molecule has 2 aliphatic rings. The van der Waals surface area contributed by atoms with E-state index in [1.807, 2.05) is 19.1 Å². The third-order valence-electron chi connectivity index (χ3n) is 5.89. The highest BCUT2D eigenvalue weighted by atomic mass is 32.2. The fraction of sp³-hybridized carbons (Fsp3) is 0.619. The van der Waals surface area contributed by atoms with Crippen molar-refractivity contribution in [3.8, 4) is 0 Å². The van der Waals surface area contributed by atoms with Crippen LogP contribution < -0.4 is 4.72 Å². The number of nitrogens with one attached hydrogen (secondary N) is 1. The van der Waals surface area contributed by atoms with E-state index in [4.69, 9.17) is 0 Å². The van der Waals surface area contributed by atoms with Gasteiger partial charge in [0.2, 0.25) is 15.9 Å². The van der Waals surface area contributed by atoms with E-state index >= 15 is 0 Å². The summed E-state index contributed by atoms with van der Waals surface area (Å²) in [7, 11) is -3.65. The molecule has 2 fully saturated rings. The van der Waals surface area contributed by atoms with E-state index in [2.05, 4.69) is 11.6 Å². The zero-order chi connectivity index (χ0) is 21.0. The molecule has 1 aliphatic carbocycles. The summed E-state index contributed by atoms with van der Waals surface area (Å²) < 4.78 is 27.5. The first-order chi connectivity index (χ1) is 13.7. The van der Waals surface area contributed by atoms with Crippen molar-refractivity contribution in [1.29, 1.82) is 0 Å². The minimum atomic E-state index is -3.65. The standard InChI is InChI=1S/C21H31N3O4S/c1-16-3-7-18(8-4-16)21(26)24-13-11-23(12-14-24)20(25)15-29(27,28)22-19-9-5-17(2)6-10-19/h3-4,7-8,17,19,22H,5-6,9-15H2,1-2H3. The Labute approximate surface area is 173 Å². The molecule has 3 rings (SSSR count). The van der Waals surface area contributed by atoms with Crippen molar-refractivity contribution >= 4 is 21.8 Å². The van der Waals surface area contributed by atoms with Gasteiger partial charge in [0.05, 0.1) is 0 Å². The Morgan fingerprint density at radius 3 is 2.10 bits per heavy atom. The number of sulfonamides is 1. The van der Waals surface area contributed by atoms with Crippen molar-refractivity contribution in [3.05, 3.63) is 35.4 Å². The molecule has 0 atom stereocenters. The van der Waals surface area contributed by atoms with Gasteiger partial charge in [-0.2, -0.15) is 0 Å². The van der Waals surface area contributed by atoms with Crippen molar-refractivity contribution in [2.45, 2.75) is 45.6 Å². The highest BCUT2D eigenvalue weighted by Gasteiger charge is 2.29. The van der Waals surface area contributed by atoms with Crippen LogP contribution in [0.15, 0.2) is 24.3 Å². The van der Waals surface area contributed by atoms with Gasteiger partial charge in [-0.25, -0.2) is 13.1 Å². The summed E-state index contributed by atoms with van der Waals surface area (Å²) in [6.07, 6.45) is 3.68. The van der Waals surface area contributed by atoms with Crippen molar-refractivity contribution in [1.82, 2.24) is 14.5 Å². The predicted molar refractivity (Wildman–Crippen MR) is 112 cm³/mol. The number of hydrogen-bond acceptors (Lipinski definition) is 4.